The first-order valence-corrected chi connectivity index (χ1v) is 9.19. The van der Waals surface area contributed by atoms with Crippen molar-refractivity contribution in [2.75, 3.05) is 5.32 Å². The first-order valence-electron chi connectivity index (χ1n) is 9.19. The highest BCUT2D eigenvalue weighted by Crippen LogP contribution is 2.15. The number of anilines is 1. The maximum atomic E-state index is 12.4. The molecule has 7 nitrogen and oxygen atoms in total. The molecular formula is C21H22N4O3. The number of carbonyl (C=O) groups is 2. The number of nitrogens with two attached hydrogens (primary N) is 1. The lowest BCUT2D eigenvalue weighted by Gasteiger charge is -2.09. The number of para-hydroxylation sites is 2. The van der Waals surface area contributed by atoms with Crippen LogP contribution in [0.1, 0.15) is 36.0 Å². The van der Waals surface area contributed by atoms with Crippen LogP contribution in [0.5, 0.6) is 0 Å². The molecular weight excluding hydrogens is 356 g/mol. The lowest BCUT2D eigenvalue weighted by Crippen LogP contribution is -2.20. The van der Waals surface area contributed by atoms with Crippen LogP contribution in [0.2, 0.25) is 0 Å². The Hall–Kier alpha value is -3.48. The Kier molecular flexibility index (Phi) is 6.16. The summed E-state index contributed by atoms with van der Waals surface area (Å²) < 4.78 is 1.60. The average molecular weight is 378 g/mol. The number of hydrogen-bond acceptors (Lipinski definition) is 4. The fourth-order valence-electron chi connectivity index (χ4n) is 3.03. The number of nitrogens with one attached hydrogen (secondary N) is 1. The highest BCUT2D eigenvalue weighted by Gasteiger charge is 2.10. The van der Waals surface area contributed by atoms with Crippen molar-refractivity contribution in [3.8, 4) is 0 Å². The van der Waals surface area contributed by atoms with Gasteiger partial charge in [-0.15, -0.1) is 0 Å². The van der Waals surface area contributed by atoms with E-state index in [4.69, 9.17) is 5.73 Å². The number of amides is 2. The number of aromatic nitrogens is 2. The summed E-state index contributed by atoms with van der Waals surface area (Å²) in [5.74, 6) is -0.747. The quantitative estimate of drug-likeness (QED) is 0.588. The predicted octanol–water partition coefficient (Wildman–Crippen LogP) is 2.69. The zero-order valence-corrected chi connectivity index (χ0v) is 15.4. The van der Waals surface area contributed by atoms with Crippen LogP contribution in [0.3, 0.4) is 0 Å². The van der Waals surface area contributed by atoms with Crippen molar-refractivity contribution in [2.45, 2.75) is 32.2 Å². The average Bonchev–Trinajstić information content (AvgIpc) is 2.69. The molecule has 0 unspecified atom stereocenters. The molecule has 0 fully saturated rings. The lowest BCUT2D eigenvalue weighted by molar-refractivity contribution is -0.116. The number of fused-ring (bicyclic) bond motifs is 1. The van der Waals surface area contributed by atoms with Crippen LogP contribution in [-0.4, -0.2) is 21.4 Å². The van der Waals surface area contributed by atoms with E-state index in [9.17, 15) is 14.4 Å². The third-order valence-corrected chi connectivity index (χ3v) is 4.50. The molecule has 0 aliphatic heterocycles. The molecule has 3 N–H and O–H groups in total. The number of rotatable bonds is 8. The molecule has 144 valence electrons. The van der Waals surface area contributed by atoms with Crippen molar-refractivity contribution in [3.63, 3.8) is 0 Å². The van der Waals surface area contributed by atoms with Gasteiger partial charge in [-0.1, -0.05) is 30.7 Å². The van der Waals surface area contributed by atoms with E-state index in [0.29, 0.717) is 41.5 Å². The van der Waals surface area contributed by atoms with Crippen LogP contribution in [0.4, 0.5) is 5.69 Å². The molecule has 7 heteroatoms. The SMILES string of the molecule is NC(=O)c1ccccc1NC(=O)CCCCCn1cnc2ccccc2c1=O. The third-order valence-electron chi connectivity index (χ3n) is 4.50. The fourth-order valence-corrected chi connectivity index (χ4v) is 3.03. The Labute approximate surface area is 162 Å². The summed E-state index contributed by atoms with van der Waals surface area (Å²) in [6.45, 7) is 0.558. The predicted molar refractivity (Wildman–Crippen MR) is 108 cm³/mol. The molecule has 0 radical (unpaired) electrons. The van der Waals surface area contributed by atoms with Gasteiger partial charge in [0.15, 0.2) is 0 Å². The van der Waals surface area contributed by atoms with Gasteiger partial charge in [-0.05, 0) is 37.1 Å². The van der Waals surface area contributed by atoms with Crippen molar-refractivity contribution in [3.05, 3.63) is 70.8 Å². The molecule has 2 aromatic carbocycles. The van der Waals surface area contributed by atoms with Crippen LogP contribution in [0, 0.1) is 0 Å². The van der Waals surface area contributed by atoms with E-state index in [1.54, 1.807) is 41.2 Å². The largest absolute Gasteiger partial charge is 0.366 e. The minimum absolute atomic E-state index is 0.0496. The lowest BCUT2D eigenvalue weighted by atomic mass is 10.1. The Morgan fingerprint density at radius 2 is 1.75 bits per heavy atom. The second-order valence-corrected chi connectivity index (χ2v) is 6.53. The maximum absolute atomic E-state index is 12.4. The first kappa shape index (κ1) is 19.3. The van der Waals surface area contributed by atoms with E-state index in [0.717, 1.165) is 12.8 Å². The van der Waals surface area contributed by atoms with Gasteiger partial charge in [0.05, 0.1) is 28.5 Å². The molecule has 0 saturated carbocycles. The summed E-state index contributed by atoms with van der Waals surface area (Å²) in [6, 6.07) is 13.9. The minimum atomic E-state index is -0.578. The van der Waals surface area contributed by atoms with Crippen molar-refractivity contribution in [1.29, 1.82) is 0 Å². The van der Waals surface area contributed by atoms with Crippen molar-refractivity contribution in [2.24, 2.45) is 5.73 Å². The number of carbonyl (C=O) groups excluding carboxylic acids is 2. The number of unbranched alkanes of at least 4 members (excludes halogenated alkanes) is 2. The van der Waals surface area contributed by atoms with E-state index < -0.39 is 5.91 Å². The van der Waals surface area contributed by atoms with Gasteiger partial charge in [0.1, 0.15) is 0 Å². The smallest absolute Gasteiger partial charge is 0.261 e. The Balaban J connectivity index is 1.46. The van der Waals surface area contributed by atoms with Crippen LogP contribution in [0.25, 0.3) is 10.9 Å². The summed E-state index contributed by atoms with van der Waals surface area (Å²) in [6.07, 6.45) is 4.14. The zero-order valence-electron chi connectivity index (χ0n) is 15.4. The van der Waals surface area contributed by atoms with E-state index >= 15 is 0 Å². The molecule has 3 rings (SSSR count). The van der Waals surface area contributed by atoms with E-state index in [-0.39, 0.29) is 11.5 Å². The van der Waals surface area contributed by atoms with Gasteiger partial charge in [-0.3, -0.25) is 19.0 Å². The highest BCUT2D eigenvalue weighted by atomic mass is 16.2. The van der Waals surface area contributed by atoms with Gasteiger partial charge in [0.2, 0.25) is 5.91 Å². The number of benzene rings is 2. The Morgan fingerprint density at radius 3 is 2.57 bits per heavy atom. The molecule has 28 heavy (non-hydrogen) atoms. The van der Waals surface area contributed by atoms with Gasteiger partial charge < -0.3 is 11.1 Å². The molecule has 0 atom stereocenters. The third kappa shape index (κ3) is 4.62. The van der Waals surface area contributed by atoms with E-state index in [2.05, 4.69) is 10.3 Å². The van der Waals surface area contributed by atoms with E-state index in [1.807, 2.05) is 18.2 Å². The van der Waals surface area contributed by atoms with Crippen LogP contribution in [0.15, 0.2) is 59.7 Å². The molecule has 0 spiro atoms. The number of primary amides is 1. The fraction of sp³-hybridized carbons (Fsp3) is 0.238. The number of aryl methyl sites for hydroxylation is 1. The molecule has 0 saturated heterocycles. The van der Waals surface area contributed by atoms with E-state index in [1.165, 1.54) is 0 Å². The molecule has 1 aromatic heterocycles. The normalized spacial score (nSPS) is 10.7. The number of hydrogen-bond donors (Lipinski definition) is 2. The standard InChI is InChI=1S/C21H22N4O3/c22-20(27)15-8-3-6-11-18(15)24-19(26)12-2-1-7-13-25-14-23-17-10-5-4-9-16(17)21(25)28/h3-6,8-11,14H,1-2,7,12-13H2,(H2,22,27)(H,24,26). The second kappa shape index (κ2) is 8.94. The van der Waals surface area contributed by atoms with Crippen LogP contribution < -0.4 is 16.6 Å². The van der Waals surface area contributed by atoms with Crippen LogP contribution in [-0.2, 0) is 11.3 Å². The van der Waals surface area contributed by atoms with Crippen molar-refractivity contribution >= 4 is 28.4 Å². The minimum Gasteiger partial charge on any atom is -0.366 e. The van der Waals surface area contributed by atoms with Crippen LogP contribution >= 0.6 is 0 Å². The molecule has 0 aliphatic rings. The summed E-state index contributed by atoms with van der Waals surface area (Å²) in [5.41, 5.74) is 6.67. The van der Waals surface area contributed by atoms with Gasteiger partial charge in [-0.2, -0.15) is 0 Å². The monoisotopic (exact) mass is 378 g/mol. The maximum Gasteiger partial charge on any atom is 0.261 e. The van der Waals surface area contributed by atoms with Gasteiger partial charge in [0, 0.05) is 13.0 Å². The summed E-state index contributed by atoms with van der Waals surface area (Å²) in [4.78, 5) is 40.2. The van der Waals surface area contributed by atoms with Gasteiger partial charge in [-0.25, -0.2) is 4.98 Å². The molecule has 1 heterocycles. The summed E-state index contributed by atoms with van der Waals surface area (Å²) >= 11 is 0. The van der Waals surface area contributed by atoms with Crippen molar-refractivity contribution in [1.82, 2.24) is 9.55 Å². The first-order chi connectivity index (χ1) is 13.6. The molecule has 0 aliphatic carbocycles. The summed E-state index contributed by atoms with van der Waals surface area (Å²) in [7, 11) is 0. The highest BCUT2D eigenvalue weighted by molar-refractivity contribution is 6.02. The molecule has 0 bridgehead atoms. The number of nitrogens with zero attached hydrogens (tertiary/aromatic N) is 2. The van der Waals surface area contributed by atoms with Crippen molar-refractivity contribution < 1.29 is 9.59 Å². The Morgan fingerprint density at radius 1 is 1.00 bits per heavy atom. The Bertz CT molecular complexity index is 1060. The summed E-state index contributed by atoms with van der Waals surface area (Å²) in [5, 5.41) is 3.33. The van der Waals surface area contributed by atoms with Gasteiger partial charge in [0.25, 0.3) is 11.5 Å². The molecule has 3 aromatic rings. The van der Waals surface area contributed by atoms with Gasteiger partial charge >= 0.3 is 0 Å². The topological polar surface area (TPSA) is 107 Å². The second-order valence-electron chi connectivity index (χ2n) is 6.53. The zero-order chi connectivity index (χ0) is 19.9. The molecule has 2 amide bonds.